The number of halogens is 1. The summed E-state index contributed by atoms with van der Waals surface area (Å²) in [7, 11) is 0. The molecule has 0 bridgehead atoms. The molecule has 0 aromatic heterocycles. The standard InChI is InChI=1S/C12H15BrO2S/c1-9(14)11-5-4-10(13)8-12(11)15-6-3-7-16-2/h4-5,8H,3,6-7H2,1-2H3. The minimum atomic E-state index is 0.0346. The van der Waals surface area contributed by atoms with Gasteiger partial charge in [0.2, 0.25) is 0 Å². The molecule has 0 radical (unpaired) electrons. The number of benzene rings is 1. The number of ketones is 1. The molecule has 0 aliphatic rings. The molecular formula is C12H15BrO2S. The van der Waals surface area contributed by atoms with Gasteiger partial charge in [-0.1, -0.05) is 15.9 Å². The van der Waals surface area contributed by atoms with Gasteiger partial charge in [-0.25, -0.2) is 0 Å². The van der Waals surface area contributed by atoms with Crippen LogP contribution in [0, 0.1) is 0 Å². The molecule has 0 aliphatic heterocycles. The largest absolute Gasteiger partial charge is 0.493 e. The van der Waals surface area contributed by atoms with E-state index in [9.17, 15) is 4.79 Å². The second-order valence-electron chi connectivity index (χ2n) is 3.39. The molecule has 0 N–H and O–H groups in total. The number of hydrogen-bond donors (Lipinski definition) is 0. The Balaban J connectivity index is 2.68. The molecular weight excluding hydrogens is 288 g/mol. The Morgan fingerprint density at radius 1 is 1.50 bits per heavy atom. The first-order valence-corrected chi connectivity index (χ1v) is 7.26. The third kappa shape index (κ3) is 4.18. The van der Waals surface area contributed by atoms with Gasteiger partial charge in [0.05, 0.1) is 12.2 Å². The normalized spacial score (nSPS) is 10.2. The highest BCUT2D eigenvalue weighted by atomic mass is 79.9. The second kappa shape index (κ2) is 6.97. The van der Waals surface area contributed by atoms with E-state index in [-0.39, 0.29) is 5.78 Å². The van der Waals surface area contributed by atoms with Gasteiger partial charge in [0.1, 0.15) is 5.75 Å². The Bertz CT molecular complexity index is 366. The molecule has 0 aliphatic carbocycles. The highest BCUT2D eigenvalue weighted by Crippen LogP contribution is 2.24. The molecule has 16 heavy (non-hydrogen) atoms. The zero-order valence-electron chi connectivity index (χ0n) is 9.46. The van der Waals surface area contributed by atoms with Gasteiger partial charge >= 0.3 is 0 Å². The molecule has 0 heterocycles. The molecule has 0 fully saturated rings. The van der Waals surface area contributed by atoms with E-state index in [2.05, 4.69) is 22.2 Å². The smallest absolute Gasteiger partial charge is 0.163 e. The van der Waals surface area contributed by atoms with Crippen molar-refractivity contribution in [1.82, 2.24) is 0 Å². The van der Waals surface area contributed by atoms with Crippen LogP contribution in [-0.4, -0.2) is 24.4 Å². The maximum Gasteiger partial charge on any atom is 0.163 e. The second-order valence-corrected chi connectivity index (χ2v) is 5.29. The lowest BCUT2D eigenvalue weighted by Gasteiger charge is -2.09. The third-order valence-corrected chi connectivity index (χ3v) is 3.26. The van der Waals surface area contributed by atoms with Crippen LogP contribution in [-0.2, 0) is 0 Å². The summed E-state index contributed by atoms with van der Waals surface area (Å²) in [6, 6.07) is 5.48. The zero-order chi connectivity index (χ0) is 12.0. The van der Waals surface area contributed by atoms with Crippen LogP contribution in [0.1, 0.15) is 23.7 Å². The van der Waals surface area contributed by atoms with E-state index < -0.39 is 0 Å². The van der Waals surface area contributed by atoms with Crippen LogP contribution >= 0.6 is 27.7 Å². The van der Waals surface area contributed by atoms with Crippen molar-refractivity contribution in [3.8, 4) is 5.75 Å². The topological polar surface area (TPSA) is 26.3 Å². The SMILES string of the molecule is CSCCCOc1cc(Br)ccc1C(C)=O. The average Bonchev–Trinajstić information content (AvgIpc) is 2.24. The summed E-state index contributed by atoms with van der Waals surface area (Å²) in [5, 5.41) is 0. The molecule has 0 amide bonds. The summed E-state index contributed by atoms with van der Waals surface area (Å²) >= 11 is 5.17. The highest BCUT2D eigenvalue weighted by molar-refractivity contribution is 9.10. The molecule has 0 atom stereocenters. The Morgan fingerprint density at radius 3 is 2.88 bits per heavy atom. The first-order valence-electron chi connectivity index (χ1n) is 5.07. The fraction of sp³-hybridized carbons (Fsp3) is 0.417. The van der Waals surface area contributed by atoms with Gasteiger partial charge in [0, 0.05) is 4.47 Å². The van der Waals surface area contributed by atoms with Crippen molar-refractivity contribution in [3.05, 3.63) is 28.2 Å². The predicted molar refractivity (Wildman–Crippen MR) is 72.6 cm³/mol. The average molecular weight is 303 g/mol. The maximum absolute atomic E-state index is 11.4. The van der Waals surface area contributed by atoms with Crippen LogP contribution in [0.25, 0.3) is 0 Å². The quantitative estimate of drug-likeness (QED) is 0.591. The summed E-state index contributed by atoms with van der Waals surface area (Å²) < 4.78 is 6.55. The van der Waals surface area contributed by atoms with Gasteiger partial charge in [-0.2, -0.15) is 11.8 Å². The number of Topliss-reactive ketones (excluding diaryl/α,β-unsaturated/α-hetero) is 1. The molecule has 0 unspecified atom stereocenters. The molecule has 1 rings (SSSR count). The molecule has 1 aromatic carbocycles. The molecule has 4 heteroatoms. The maximum atomic E-state index is 11.4. The van der Waals surface area contributed by atoms with E-state index in [1.165, 1.54) is 0 Å². The molecule has 2 nitrogen and oxygen atoms in total. The Labute approximate surface area is 109 Å². The van der Waals surface area contributed by atoms with Crippen molar-refractivity contribution in [2.45, 2.75) is 13.3 Å². The van der Waals surface area contributed by atoms with Crippen LogP contribution in [0.5, 0.6) is 5.75 Å². The molecule has 0 saturated carbocycles. The van der Waals surface area contributed by atoms with E-state index in [0.29, 0.717) is 17.9 Å². The number of carbonyl (C=O) groups is 1. The Hall–Kier alpha value is -0.480. The van der Waals surface area contributed by atoms with Gasteiger partial charge in [-0.05, 0) is 43.6 Å². The summed E-state index contributed by atoms with van der Waals surface area (Å²) in [6.07, 6.45) is 3.06. The number of hydrogen-bond acceptors (Lipinski definition) is 3. The first-order chi connectivity index (χ1) is 7.65. The van der Waals surface area contributed by atoms with E-state index in [4.69, 9.17) is 4.74 Å². The highest BCUT2D eigenvalue weighted by Gasteiger charge is 2.08. The minimum Gasteiger partial charge on any atom is -0.493 e. The number of ether oxygens (including phenoxy) is 1. The Kier molecular flexibility index (Phi) is 5.91. The molecule has 0 saturated heterocycles. The monoisotopic (exact) mass is 302 g/mol. The molecule has 1 aromatic rings. The van der Waals surface area contributed by atoms with Crippen molar-refractivity contribution in [1.29, 1.82) is 0 Å². The Morgan fingerprint density at radius 2 is 2.25 bits per heavy atom. The van der Waals surface area contributed by atoms with Gasteiger partial charge < -0.3 is 4.74 Å². The van der Waals surface area contributed by atoms with E-state index in [1.807, 2.05) is 12.1 Å². The van der Waals surface area contributed by atoms with Crippen molar-refractivity contribution in [2.24, 2.45) is 0 Å². The molecule has 0 spiro atoms. The van der Waals surface area contributed by atoms with Crippen LogP contribution in [0.3, 0.4) is 0 Å². The first kappa shape index (κ1) is 13.6. The van der Waals surface area contributed by atoms with Crippen LogP contribution < -0.4 is 4.74 Å². The van der Waals surface area contributed by atoms with E-state index in [1.54, 1.807) is 24.8 Å². The van der Waals surface area contributed by atoms with Crippen LogP contribution in [0.2, 0.25) is 0 Å². The van der Waals surface area contributed by atoms with E-state index in [0.717, 1.165) is 16.6 Å². The third-order valence-electron chi connectivity index (χ3n) is 2.07. The predicted octanol–water partition coefficient (Wildman–Crippen LogP) is 3.78. The number of thioether (sulfide) groups is 1. The van der Waals surface area contributed by atoms with Gasteiger partial charge in [-0.3, -0.25) is 4.79 Å². The van der Waals surface area contributed by atoms with E-state index >= 15 is 0 Å². The van der Waals surface area contributed by atoms with Crippen molar-refractivity contribution in [3.63, 3.8) is 0 Å². The summed E-state index contributed by atoms with van der Waals surface area (Å²) in [4.78, 5) is 11.4. The van der Waals surface area contributed by atoms with Gasteiger partial charge in [-0.15, -0.1) is 0 Å². The van der Waals surface area contributed by atoms with Gasteiger partial charge in [0.25, 0.3) is 0 Å². The lowest BCUT2D eigenvalue weighted by atomic mass is 10.1. The van der Waals surface area contributed by atoms with Crippen LogP contribution in [0.15, 0.2) is 22.7 Å². The van der Waals surface area contributed by atoms with Crippen molar-refractivity contribution >= 4 is 33.5 Å². The summed E-state index contributed by atoms with van der Waals surface area (Å²) in [5.41, 5.74) is 0.646. The fourth-order valence-electron chi connectivity index (χ4n) is 1.29. The van der Waals surface area contributed by atoms with Crippen molar-refractivity contribution in [2.75, 3.05) is 18.6 Å². The minimum absolute atomic E-state index is 0.0346. The summed E-state index contributed by atoms with van der Waals surface area (Å²) in [6.45, 7) is 2.20. The number of carbonyl (C=O) groups excluding carboxylic acids is 1. The van der Waals surface area contributed by atoms with Crippen molar-refractivity contribution < 1.29 is 9.53 Å². The number of rotatable bonds is 6. The molecule has 88 valence electrons. The van der Waals surface area contributed by atoms with Gasteiger partial charge in [0.15, 0.2) is 5.78 Å². The fourth-order valence-corrected chi connectivity index (χ4v) is 2.04. The lowest BCUT2D eigenvalue weighted by molar-refractivity contribution is 0.101. The van der Waals surface area contributed by atoms with Crippen LogP contribution in [0.4, 0.5) is 0 Å². The zero-order valence-corrected chi connectivity index (χ0v) is 11.9. The lowest BCUT2D eigenvalue weighted by Crippen LogP contribution is -2.03. The summed E-state index contributed by atoms with van der Waals surface area (Å²) in [5.74, 6) is 1.78.